The molecule has 0 N–H and O–H groups in total. The molecule has 2 aliphatic carbocycles. The van der Waals surface area contributed by atoms with Gasteiger partial charge in [-0.15, -0.1) is 0 Å². The highest BCUT2D eigenvalue weighted by molar-refractivity contribution is 7.00. The molecule has 0 saturated carbocycles. The van der Waals surface area contributed by atoms with Crippen molar-refractivity contribution < 1.29 is 8.53 Å². The van der Waals surface area contributed by atoms with Crippen LogP contribution in [0.25, 0.3) is 21.9 Å². The van der Waals surface area contributed by atoms with Crippen LogP contribution < -0.4 is 31.1 Å². The van der Waals surface area contributed by atoms with Crippen LogP contribution >= 0.6 is 0 Å². The third kappa shape index (κ3) is 6.42. The van der Waals surface area contributed by atoms with Crippen LogP contribution in [-0.2, 0) is 21.7 Å². The highest BCUT2D eigenvalue weighted by Crippen LogP contribution is 2.53. The first-order chi connectivity index (χ1) is 34.8. The molecule has 2 aliphatic heterocycles. The third-order valence-corrected chi connectivity index (χ3v) is 17.0. The van der Waals surface area contributed by atoms with Crippen molar-refractivity contribution in [2.75, 3.05) is 14.7 Å². The fraction of sp³-hybridized carbons (Fsp3) is 0.262. The van der Waals surface area contributed by atoms with E-state index in [4.69, 9.17) is 4.42 Å². The monoisotopic (exact) mass is 915 g/mol. The molecule has 0 amide bonds. The van der Waals surface area contributed by atoms with E-state index in [-0.39, 0.29) is 28.4 Å². The van der Waals surface area contributed by atoms with Gasteiger partial charge in [-0.3, -0.25) is 0 Å². The maximum absolute atomic E-state index is 9.24. The van der Waals surface area contributed by atoms with Gasteiger partial charge >= 0.3 is 0 Å². The Morgan fingerprint density at radius 2 is 0.971 bits per heavy atom. The van der Waals surface area contributed by atoms with Crippen LogP contribution in [-0.4, -0.2) is 6.71 Å². The van der Waals surface area contributed by atoms with Crippen molar-refractivity contribution in [1.82, 2.24) is 0 Å². The molecule has 346 valence electrons. The lowest BCUT2D eigenvalue weighted by molar-refractivity contribution is 0.332. The number of aryl methyl sites for hydroxylation is 1. The van der Waals surface area contributed by atoms with Gasteiger partial charge in [-0.25, -0.2) is 0 Å². The lowest BCUT2D eigenvalue weighted by atomic mass is 9.33. The van der Waals surface area contributed by atoms with E-state index in [1.807, 2.05) is 24.3 Å². The van der Waals surface area contributed by atoms with Crippen molar-refractivity contribution in [3.05, 3.63) is 192 Å². The maximum Gasteiger partial charge on any atom is 0.252 e. The number of benzene rings is 8. The second kappa shape index (κ2) is 15.0. The first-order valence-corrected chi connectivity index (χ1v) is 25.4. The summed E-state index contributed by atoms with van der Waals surface area (Å²) in [5.41, 5.74) is 19.8. The standard InChI is InChI=1S/C65H62BN3O/c1-41-34-57-61-58(35-41)69(45-24-27-49-50(37-45)63(4,5)31-30-62(49,2)3)56-40-52-51(64(6,7)32-33-65(52,8)9)39-54(56)66(61)53-28-25-46(67(42-18-12-10-13-19-42)43-20-14-11-15-21-43)38-55(53)68(57)44-26-29-60-48(36-44)47-22-16-17-23-59(47)70-60/h10-29,34-40H,30-33H2,1-9H3/i1D3. The van der Waals surface area contributed by atoms with E-state index >= 15 is 0 Å². The summed E-state index contributed by atoms with van der Waals surface area (Å²) in [6.45, 7) is 16.6. The summed E-state index contributed by atoms with van der Waals surface area (Å²) in [6.07, 6.45) is 4.38. The van der Waals surface area contributed by atoms with E-state index in [1.54, 1.807) is 0 Å². The Hall–Kier alpha value is -6.98. The molecule has 0 saturated heterocycles. The van der Waals surface area contributed by atoms with Gasteiger partial charge < -0.3 is 19.1 Å². The molecule has 4 nitrogen and oxygen atoms in total. The van der Waals surface area contributed by atoms with Crippen molar-refractivity contribution in [2.45, 2.75) is 110 Å². The van der Waals surface area contributed by atoms with Crippen molar-refractivity contribution >= 4 is 96.2 Å². The summed E-state index contributed by atoms with van der Waals surface area (Å²) in [4.78, 5) is 7.13. The minimum absolute atomic E-state index is 0.0321. The number of rotatable bonds is 5. The second-order valence-electron chi connectivity index (χ2n) is 23.3. The first-order valence-electron chi connectivity index (χ1n) is 26.9. The van der Waals surface area contributed by atoms with Gasteiger partial charge in [0.05, 0.1) is 0 Å². The smallest absolute Gasteiger partial charge is 0.252 e. The second-order valence-corrected chi connectivity index (χ2v) is 23.3. The zero-order valence-electron chi connectivity index (χ0n) is 44.7. The summed E-state index contributed by atoms with van der Waals surface area (Å²) in [7, 11) is 0. The largest absolute Gasteiger partial charge is 0.456 e. The Morgan fingerprint density at radius 3 is 1.61 bits per heavy atom. The van der Waals surface area contributed by atoms with Gasteiger partial charge in [0.15, 0.2) is 0 Å². The molecule has 0 atom stereocenters. The van der Waals surface area contributed by atoms with Crippen LogP contribution in [0.15, 0.2) is 168 Å². The average molecular weight is 915 g/mol. The molecular formula is C65H62BN3O. The molecule has 0 unspecified atom stereocenters. The van der Waals surface area contributed by atoms with E-state index in [2.05, 4.69) is 210 Å². The van der Waals surface area contributed by atoms with Gasteiger partial charge in [-0.2, -0.15) is 0 Å². The molecule has 8 aromatic carbocycles. The molecular weight excluding hydrogens is 850 g/mol. The van der Waals surface area contributed by atoms with Crippen molar-refractivity contribution in [1.29, 1.82) is 0 Å². The van der Waals surface area contributed by atoms with Crippen LogP contribution in [0.5, 0.6) is 0 Å². The number of furan rings is 1. The van der Waals surface area contributed by atoms with Crippen LogP contribution in [0, 0.1) is 6.85 Å². The molecule has 0 radical (unpaired) electrons. The van der Waals surface area contributed by atoms with Crippen molar-refractivity contribution in [3.8, 4) is 0 Å². The number of para-hydroxylation sites is 3. The Bertz CT molecular complexity index is 3680. The van der Waals surface area contributed by atoms with Gasteiger partial charge in [0.1, 0.15) is 11.2 Å². The molecule has 13 rings (SSSR count). The topological polar surface area (TPSA) is 22.9 Å². The molecule has 70 heavy (non-hydrogen) atoms. The Balaban J connectivity index is 1.16. The summed E-state index contributed by atoms with van der Waals surface area (Å²) in [5.74, 6) is 0. The van der Waals surface area contributed by atoms with E-state index < -0.39 is 6.85 Å². The summed E-state index contributed by atoms with van der Waals surface area (Å²) >= 11 is 0. The number of hydrogen-bond acceptors (Lipinski definition) is 4. The number of nitrogens with zero attached hydrogens (tertiary/aromatic N) is 3. The zero-order valence-corrected chi connectivity index (χ0v) is 41.7. The van der Waals surface area contributed by atoms with Crippen molar-refractivity contribution in [3.63, 3.8) is 0 Å². The first kappa shape index (κ1) is 39.8. The molecule has 9 aromatic rings. The molecule has 5 heteroatoms. The molecule has 1 aromatic heterocycles. The molecule has 0 fully saturated rings. The molecule has 3 heterocycles. The average Bonchev–Trinajstić information content (AvgIpc) is 3.75. The lowest BCUT2D eigenvalue weighted by Gasteiger charge is -2.48. The lowest BCUT2D eigenvalue weighted by Crippen LogP contribution is -2.62. The molecule has 0 spiro atoms. The van der Waals surface area contributed by atoms with Crippen LogP contribution in [0.4, 0.5) is 51.2 Å². The van der Waals surface area contributed by atoms with Gasteiger partial charge in [-0.1, -0.05) is 128 Å². The van der Waals surface area contributed by atoms with Crippen LogP contribution in [0.1, 0.15) is 113 Å². The minimum atomic E-state index is -2.41. The maximum atomic E-state index is 9.24. The Kier molecular flexibility index (Phi) is 8.54. The van der Waals surface area contributed by atoms with E-state index in [0.29, 0.717) is 5.56 Å². The van der Waals surface area contributed by atoms with Gasteiger partial charge in [0.25, 0.3) is 6.71 Å². The Labute approximate surface area is 418 Å². The van der Waals surface area contributed by atoms with Crippen LogP contribution in [0.3, 0.4) is 0 Å². The SMILES string of the molecule is [2H]C([2H])([2H])c1cc2c3c(c1)N(c1ccc4c(c1)C(C)(C)CCC4(C)C)c1cc4c(cc1B3c1ccc(N(c3ccccc3)c3ccccc3)cc1N2c1ccc2oc3ccccc3c2c1)C(C)(C)CCC4(C)C. The van der Waals surface area contributed by atoms with Gasteiger partial charge in [0, 0.05) is 66.1 Å². The highest BCUT2D eigenvalue weighted by Gasteiger charge is 2.47. The summed E-state index contributed by atoms with van der Waals surface area (Å²) in [6, 6.07) is 59.0. The molecule has 0 bridgehead atoms. The van der Waals surface area contributed by atoms with Gasteiger partial charge in [0.2, 0.25) is 0 Å². The number of anilines is 9. The number of hydrogen-bond donors (Lipinski definition) is 0. The summed E-state index contributed by atoms with van der Waals surface area (Å²) < 4.78 is 34.2. The quantitative estimate of drug-likeness (QED) is 0.161. The predicted molar refractivity (Wildman–Crippen MR) is 298 cm³/mol. The predicted octanol–water partition coefficient (Wildman–Crippen LogP) is 16.1. The van der Waals surface area contributed by atoms with Crippen molar-refractivity contribution in [2.24, 2.45) is 0 Å². The van der Waals surface area contributed by atoms with E-state index in [0.717, 1.165) is 104 Å². The highest BCUT2D eigenvalue weighted by atomic mass is 16.3. The van der Waals surface area contributed by atoms with Gasteiger partial charge in [-0.05, 0) is 189 Å². The minimum Gasteiger partial charge on any atom is -0.456 e. The van der Waals surface area contributed by atoms with Crippen LogP contribution in [0.2, 0.25) is 0 Å². The fourth-order valence-corrected chi connectivity index (χ4v) is 12.9. The Morgan fingerprint density at radius 1 is 0.443 bits per heavy atom. The number of fused-ring (bicyclic) bond motifs is 9. The van der Waals surface area contributed by atoms with E-state index in [9.17, 15) is 4.11 Å². The van der Waals surface area contributed by atoms with E-state index in [1.165, 1.54) is 33.2 Å². The zero-order chi connectivity index (χ0) is 50.6. The third-order valence-electron chi connectivity index (χ3n) is 17.0. The summed E-state index contributed by atoms with van der Waals surface area (Å²) in [5, 5.41) is 2.04. The fourth-order valence-electron chi connectivity index (χ4n) is 12.9. The molecule has 4 aliphatic rings. The normalized spacial score (nSPS) is 18.5.